The first-order valence-electron chi connectivity index (χ1n) is 25.8. The van der Waals surface area contributed by atoms with Crippen LogP contribution in [0.4, 0.5) is 10.5 Å². The number of urea groups is 1. The number of esters is 2. The highest BCUT2D eigenvalue weighted by Gasteiger charge is 2.76. The Bertz CT molecular complexity index is 2690. The van der Waals surface area contributed by atoms with Crippen molar-refractivity contribution in [3.8, 4) is 17.6 Å². The summed E-state index contributed by atoms with van der Waals surface area (Å²) in [7, 11) is 1.23. The number of morpholine rings is 1. The van der Waals surface area contributed by atoms with Crippen LogP contribution in [0.5, 0.6) is 5.75 Å². The minimum absolute atomic E-state index is 0.112. The molecule has 9 rings (SSSR count). The molecule has 4 amide bonds. The van der Waals surface area contributed by atoms with Gasteiger partial charge in [0.05, 0.1) is 37.4 Å². The lowest BCUT2D eigenvalue weighted by molar-refractivity contribution is -0.179. The normalized spacial score (nSPS) is 25.4. The second-order valence-corrected chi connectivity index (χ2v) is 20.2. The molecule has 7 unspecified atom stereocenters. The lowest BCUT2D eigenvalue weighted by Crippen LogP contribution is -2.58. The van der Waals surface area contributed by atoms with Crippen LogP contribution < -0.4 is 15.0 Å². The Labute approximate surface area is 422 Å². The van der Waals surface area contributed by atoms with Crippen LogP contribution in [-0.4, -0.2) is 101 Å². The Balaban J connectivity index is 1.38. The van der Waals surface area contributed by atoms with Gasteiger partial charge in [-0.3, -0.25) is 19.3 Å². The standard InChI is InChI=1S/C58H66N4O10/c1-38(2)47(53(65)70-3)59-56(68)61-44-28-27-39(29-32-57(69)30-17-5-6-18-31-57)37-43(44)58(55(61)67)46(52(64)60-33-19-7-4-8-20-34-60)49-54(66)72-50(41-23-13-10-14-24-41)48(40-21-11-9-12-22-40)62(49)51(58)42-25-15-16-26-45(42)71-36-35-63/h9-16,21-28,37-38,46-51,63,69H,4-8,17-20,30-31,33-36H2,1-3H3,(H,59,68). The summed E-state index contributed by atoms with van der Waals surface area (Å²) in [6.45, 7) is 3.82. The maximum absolute atomic E-state index is 16.9. The Morgan fingerprint density at radius 1 is 0.806 bits per heavy atom. The maximum atomic E-state index is 16.9. The van der Waals surface area contributed by atoms with Gasteiger partial charge >= 0.3 is 18.0 Å². The third-order valence-electron chi connectivity index (χ3n) is 15.4. The second-order valence-electron chi connectivity index (χ2n) is 20.2. The van der Waals surface area contributed by atoms with Gasteiger partial charge in [0.15, 0.2) is 0 Å². The summed E-state index contributed by atoms with van der Waals surface area (Å²) in [4.78, 5) is 82.4. The zero-order valence-electron chi connectivity index (χ0n) is 41.5. The number of amides is 4. The summed E-state index contributed by atoms with van der Waals surface area (Å²) in [6, 6.07) is 25.6. The number of cyclic esters (lactones) is 1. The lowest BCUT2D eigenvalue weighted by Gasteiger charge is -2.46. The molecular weight excluding hydrogens is 913 g/mol. The lowest BCUT2D eigenvalue weighted by atomic mass is 9.64. The van der Waals surface area contributed by atoms with Crippen LogP contribution in [0, 0.1) is 23.7 Å². The van der Waals surface area contributed by atoms with Crippen molar-refractivity contribution in [1.29, 1.82) is 0 Å². The molecule has 0 radical (unpaired) electrons. The number of hydrogen-bond donors (Lipinski definition) is 3. The molecule has 7 atom stereocenters. The zero-order valence-corrected chi connectivity index (χ0v) is 41.5. The molecule has 4 aromatic rings. The number of imide groups is 1. The van der Waals surface area contributed by atoms with Crippen LogP contribution in [-0.2, 0) is 34.1 Å². The van der Waals surface area contributed by atoms with Gasteiger partial charge in [0.1, 0.15) is 41.6 Å². The maximum Gasteiger partial charge on any atom is 0.329 e. The Hall–Kier alpha value is -6.53. The number of aliphatic hydroxyl groups is 2. The van der Waals surface area contributed by atoms with E-state index in [-0.39, 0.29) is 24.5 Å². The van der Waals surface area contributed by atoms with Crippen molar-refractivity contribution in [3.05, 3.63) is 131 Å². The van der Waals surface area contributed by atoms with Crippen molar-refractivity contribution < 1.29 is 48.4 Å². The van der Waals surface area contributed by atoms with E-state index in [1.54, 1.807) is 55.1 Å². The molecule has 1 spiro atoms. The molecule has 0 aromatic heterocycles. The number of carbonyl (C=O) groups is 5. The quantitative estimate of drug-likeness (QED) is 0.0802. The van der Waals surface area contributed by atoms with E-state index in [1.807, 2.05) is 71.6 Å². The summed E-state index contributed by atoms with van der Waals surface area (Å²) in [6.07, 6.45) is 7.90. The molecule has 14 heteroatoms. The third kappa shape index (κ3) is 9.38. The SMILES string of the molecule is COC(=O)C(NC(=O)N1C(=O)C2(c3cc(C#CC4(O)CCCCCC4)ccc31)C(C(=O)N1CCCCCCC1)C1C(=O)OC(c3ccccc3)C(c3ccccc3)N1C2c1ccccc1OCCO)C(C)C. The molecule has 3 N–H and O–H groups in total. The first kappa shape index (κ1) is 50.4. The summed E-state index contributed by atoms with van der Waals surface area (Å²) < 4.78 is 18.2. The highest BCUT2D eigenvalue weighted by Crippen LogP contribution is 2.67. The van der Waals surface area contributed by atoms with E-state index in [4.69, 9.17) is 14.2 Å². The number of hydrogen-bond acceptors (Lipinski definition) is 11. The van der Waals surface area contributed by atoms with E-state index in [0.717, 1.165) is 55.4 Å². The number of benzene rings is 4. The fourth-order valence-corrected chi connectivity index (χ4v) is 12.0. The molecule has 1 aliphatic carbocycles. The van der Waals surface area contributed by atoms with Crippen molar-refractivity contribution in [2.45, 2.75) is 126 Å². The number of nitrogens with one attached hydrogen (secondary N) is 1. The highest BCUT2D eigenvalue weighted by molar-refractivity contribution is 6.25. The van der Waals surface area contributed by atoms with Crippen molar-refractivity contribution in [2.24, 2.45) is 11.8 Å². The van der Waals surface area contributed by atoms with Crippen molar-refractivity contribution in [1.82, 2.24) is 15.1 Å². The Morgan fingerprint density at radius 2 is 1.43 bits per heavy atom. The molecule has 4 aliphatic heterocycles. The van der Waals surface area contributed by atoms with Crippen LogP contribution in [0.2, 0.25) is 0 Å². The summed E-state index contributed by atoms with van der Waals surface area (Å²) in [5.41, 5.74) is -0.681. The number of fused-ring (bicyclic) bond motifs is 3. The first-order valence-corrected chi connectivity index (χ1v) is 25.8. The van der Waals surface area contributed by atoms with Crippen molar-refractivity contribution >= 4 is 35.5 Å². The average Bonchev–Trinajstić information content (AvgIpc) is 3.71. The number of aliphatic hydroxyl groups excluding tert-OH is 1. The van der Waals surface area contributed by atoms with Gasteiger partial charge in [-0.1, -0.05) is 137 Å². The third-order valence-corrected chi connectivity index (χ3v) is 15.4. The molecule has 4 heterocycles. The van der Waals surface area contributed by atoms with E-state index in [2.05, 4.69) is 17.2 Å². The van der Waals surface area contributed by atoms with Crippen LogP contribution >= 0.6 is 0 Å². The average molecular weight is 979 g/mol. The predicted molar refractivity (Wildman–Crippen MR) is 269 cm³/mol. The second kappa shape index (κ2) is 21.7. The van der Waals surface area contributed by atoms with Crippen LogP contribution in [0.25, 0.3) is 0 Å². The predicted octanol–water partition coefficient (Wildman–Crippen LogP) is 7.86. The monoisotopic (exact) mass is 978 g/mol. The van der Waals surface area contributed by atoms with E-state index in [0.29, 0.717) is 61.2 Å². The zero-order chi connectivity index (χ0) is 50.6. The van der Waals surface area contributed by atoms with Gasteiger partial charge in [-0.05, 0) is 85.4 Å². The van der Waals surface area contributed by atoms with Gasteiger partial charge in [0.2, 0.25) is 11.8 Å². The molecule has 1 saturated carbocycles. The van der Waals surface area contributed by atoms with Crippen molar-refractivity contribution in [3.63, 3.8) is 0 Å². The molecule has 378 valence electrons. The molecular formula is C58H66N4O10. The fourth-order valence-electron chi connectivity index (χ4n) is 12.0. The van der Waals surface area contributed by atoms with Crippen LogP contribution in [0.3, 0.4) is 0 Å². The van der Waals surface area contributed by atoms with Gasteiger partial charge < -0.3 is 34.6 Å². The first-order chi connectivity index (χ1) is 34.9. The minimum Gasteiger partial charge on any atom is -0.491 e. The summed E-state index contributed by atoms with van der Waals surface area (Å²) in [5.74, 6) is 2.10. The van der Waals surface area contributed by atoms with E-state index in [1.165, 1.54) is 7.11 Å². The molecule has 4 fully saturated rings. The van der Waals surface area contributed by atoms with E-state index < -0.39 is 82.9 Å². The number of methoxy groups -OCH3 is 1. The van der Waals surface area contributed by atoms with Gasteiger partial charge in [0, 0.05) is 24.2 Å². The molecule has 5 aliphatic rings. The van der Waals surface area contributed by atoms with Gasteiger partial charge in [-0.15, -0.1) is 0 Å². The number of ether oxygens (including phenoxy) is 3. The smallest absolute Gasteiger partial charge is 0.329 e. The van der Waals surface area contributed by atoms with E-state index >= 15 is 19.2 Å². The molecule has 0 bridgehead atoms. The van der Waals surface area contributed by atoms with Gasteiger partial charge in [-0.25, -0.2) is 14.5 Å². The van der Waals surface area contributed by atoms with Crippen LogP contribution in [0.1, 0.15) is 130 Å². The fraction of sp³-hybridized carbons (Fsp3) is 0.466. The van der Waals surface area contributed by atoms with Crippen LogP contribution in [0.15, 0.2) is 103 Å². The highest BCUT2D eigenvalue weighted by atomic mass is 16.6. The van der Waals surface area contributed by atoms with Gasteiger partial charge in [0.25, 0.3) is 0 Å². The number of carbonyl (C=O) groups excluding carboxylic acids is 5. The number of anilines is 1. The topological polar surface area (TPSA) is 175 Å². The number of para-hydroxylation sites is 1. The molecule has 14 nitrogen and oxygen atoms in total. The Morgan fingerprint density at radius 3 is 2.08 bits per heavy atom. The van der Waals surface area contributed by atoms with Crippen molar-refractivity contribution in [2.75, 3.05) is 38.3 Å². The van der Waals surface area contributed by atoms with E-state index in [9.17, 15) is 15.0 Å². The molecule has 72 heavy (non-hydrogen) atoms. The summed E-state index contributed by atoms with van der Waals surface area (Å²) >= 11 is 0. The van der Waals surface area contributed by atoms with Gasteiger partial charge in [-0.2, -0.15) is 0 Å². The largest absolute Gasteiger partial charge is 0.491 e. The Kier molecular flexibility index (Phi) is 15.2. The molecule has 3 saturated heterocycles. The number of likely N-dealkylation sites (tertiary alicyclic amines) is 1. The summed E-state index contributed by atoms with van der Waals surface area (Å²) in [5, 5.41) is 24.8. The minimum atomic E-state index is -2.11. The number of nitrogens with zero attached hydrogens (tertiary/aromatic N) is 3. The molecule has 4 aromatic carbocycles. The number of rotatable bonds is 10.